The fraction of sp³-hybridized carbons (Fsp3) is 0.429. The summed E-state index contributed by atoms with van der Waals surface area (Å²) in [6, 6.07) is 0. The Hall–Kier alpha value is -1.21. The number of carboxylic acid groups (broad SMARTS) is 1. The molecule has 7 heteroatoms. The molecule has 0 radical (unpaired) electrons. The van der Waals surface area contributed by atoms with Gasteiger partial charge < -0.3 is 9.84 Å². The van der Waals surface area contributed by atoms with Crippen LogP contribution in [0.15, 0.2) is 16.1 Å². The largest absolute Gasteiger partial charge is 0.476 e. The Labute approximate surface area is 80.8 Å². The maximum absolute atomic E-state index is 11.2. The average molecular weight is 219 g/mol. The van der Waals surface area contributed by atoms with Crippen LogP contribution in [0.2, 0.25) is 0 Å². The summed E-state index contributed by atoms with van der Waals surface area (Å²) < 4.78 is 27.3. The van der Waals surface area contributed by atoms with Crippen LogP contribution in [0, 0.1) is 0 Å². The zero-order chi connectivity index (χ0) is 10.8. The van der Waals surface area contributed by atoms with E-state index in [1.807, 2.05) is 0 Å². The Morgan fingerprint density at radius 2 is 2.29 bits per heavy atom. The van der Waals surface area contributed by atoms with Gasteiger partial charge in [-0.3, -0.25) is 0 Å². The second-order valence-electron chi connectivity index (χ2n) is 2.50. The van der Waals surface area contributed by atoms with Crippen LogP contribution in [0.4, 0.5) is 0 Å². The molecular formula is C7H9NO5S. The van der Waals surface area contributed by atoms with E-state index in [9.17, 15) is 13.2 Å². The van der Waals surface area contributed by atoms with Crippen LogP contribution in [0.3, 0.4) is 0 Å². The van der Waals surface area contributed by atoms with Crippen molar-refractivity contribution >= 4 is 20.9 Å². The Morgan fingerprint density at radius 3 is 2.71 bits per heavy atom. The van der Waals surface area contributed by atoms with Gasteiger partial charge in [0.25, 0.3) is 0 Å². The highest BCUT2D eigenvalue weighted by atomic mass is 32.2. The predicted molar refractivity (Wildman–Crippen MR) is 48.6 cm³/mol. The average Bonchev–Trinajstić information content (AvgIpc) is 2.38. The lowest BCUT2D eigenvalue weighted by molar-refractivity contribution is -0.132. The second-order valence-corrected chi connectivity index (χ2v) is 4.29. The van der Waals surface area contributed by atoms with Gasteiger partial charge in [-0.1, -0.05) is 0 Å². The van der Waals surface area contributed by atoms with Crippen LogP contribution in [-0.2, 0) is 19.4 Å². The van der Waals surface area contributed by atoms with Crippen molar-refractivity contribution in [3.63, 3.8) is 0 Å². The lowest BCUT2D eigenvalue weighted by Gasteiger charge is -1.98. The van der Waals surface area contributed by atoms with Gasteiger partial charge in [-0.05, 0) is 6.92 Å². The molecule has 0 fully saturated rings. The van der Waals surface area contributed by atoms with E-state index in [0.717, 1.165) is 0 Å². The normalized spacial score (nSPS) is 18.9. The summed E-state index contributed by atoms with van der Waals surface area (Å²) in [5.41, 5.74) is -0.472. The Balaban J connectivity index is 2.90. The highest BCUT2D eigenvalue weighted by Crippen LogP contribution is 2.14. The molecular weight excluding hydrogens is 210 g/mol. The molecule has 0 aliphatic carbocycles. The topological polar surface area (TPSA) is 93.0 Å². The first-order valence-electron chi connectivity index (χ1n) is 3.82. The third kappa shape index (κ3) is 2.18. The summed E-state index contributed by atoms with van der Waals surface area (Å²) in [5, 5.41) is 8.88. The number of hydrogen-bond acceptors (Lipinski definition) is 5. The van der Waals surface area contributed by atoms with Crippen molar-refractivity contribution in [1.82, 2.24) is 0 Å². The van der Waals surface area contributed by atoms with E-state index in [1.54, 1.807) is 6.92 Å². The molecule has 0 amide bonds. The van der Waals surface area contributed by atoms with Crippen molar-refractivity contribution in [2.75, 3.05) is 13.2 Å². The molecule has 1 aliphatic rings. The number of ether oxygens (including phenoxy) is 1. The van der Waals surface area contributed by atoms with E-state index in [1.165, 1.54) is 0 Å². The molecule has 1 heterocycles. The molecule has 0 aromatic carbocycles. The standard InChI is InChI=1S/C7H9NO5S/c1-2-13-3-6-8-5(7(9)10)4-14(6,11)12/h4H,2-3H2,1H3,(H,9,10). The first-order chi connectivity index (χ1) is 6.47. The molecule has 6 nitrogen and oxygen atoms in total. The number of hydrogen-bond donors (Lipinski definition) is 1. The molecule has 0 unspecified atom stereocenters. The third-order valence-corrected chi connectivity index (χ3v) is 2.89. The van der Waals surface area contributed by atoms with E-state index in [0.29, 0.717) is 12.0 Å². The number of nitrogens with zero attached hydrogens (tertiary/aromatic N) is 1. The fourth-order valence-electron chi connectivity index (χ4n) is 0.841. The van der Waals surface area contributed by atoms with Gasteiger partial charge >= 0.3 is 5.97 Å². The molecule has 0 aromatic rings. The van der Waals surface area contributed by atoms with E-state index < -0.39 is 21.5 Å². The van der Waals surface area contributed by atoms with Gasteiger partial charge in [-0.2, -0.15) is 0 Å². The van der Waals surface area contributed by atoms with E-state index in [4.69, 9.17) is 9.84 Å². The monoisotopic (exact) mass is 219 g/mol. The Morgan fingerprint density at radius 1 is 1.64 bits per heavy atom. The van der Waals surface area contributed by atoms with Gasteiger partial charge in [0.05, 0.1) is 5.41 Å². The minimum atomic E-state index is -3.67. The van der Waals surface area contributed by atoms with Crippen LogP contribution in [0.5, 0.6) is 0 Å². The maximum Gasteiger partial charge on any atom is 0.355 e. The zero-order valence-electron chi connectivity index (χ0n) is 7.43. The molecule has 1 aliphatic heterocycles. The molecule has 0 bridgehead atoms. The van der Waals surface area contributed by atoms with Gasteiger partial charge in [-0.15, -0.1) is 0 Å². The van der Waals surface area contributed by atoms with Crippen LogP contribution < -0.4 is 0 Å². The minimum Gasteiger partial charge on any atom is -0.476 e. The lowest BCUT2D eigenvalue weighted by atomic mass is 10.5. The predicted octanol–water partition coefficient (Wildman–Crippen LogP) is -0.224. The van der Waals surface area contributed by atoms with Crippen molar-refractivity contribution in [3.05, 3.63) is 11.1 Å². The molecule has 14 heavy (non-hydrogen) atoms. The molecule has 78 valence electrons. The highest BCUT2D eigenvalue weighted by molar-refractivity contribution is 8.09. The number of carboxylic acids is 1. The summed E-state index contributed by atoms with van der Waals surface area (Å²) in [6.07, 6.45) is 0. The Kier molecular flexibility index (Phi) is 3.02. The fourth-order valence-corrected chi connectivity index (χ4v) is 1.90. The molecule has 0 saturated heterocycles. The molecule has 1 N–H and O–H groups in total. The van der Waals surface area contributed by atoms with Crippen molar-refractivity contribution < 1.29 is 23.1 Å². The third-order valence-electron chi connectivity index (χ3n) is 1.49. The number of aliphatic imine (C=N–C) groups is 1. The Bertz CT molecular complexity index is 406. The minimum absolute atomic E-state index is 0.188. The summed E-state index contributed by atoms with van der Waals surface area (Å²) in [4.78, 5) is 13.9. The molecule has 0 aromatic heterocycles. The number of rotatable bonds is 4. The summed E-state index contributed by atoms with van der Waals surface area (Å²) in [7, 11) is -3.67. The van der Waals surface area contributed by atoms with Crippen molar-refractivity contribution in [2.45, 2.75) is 6.92 Å². The first kappa shape index (κ1) is 10.9. The van der Waals surface area contributed by atoms with E-state index >= 15 is 0 Å². The van der Waals surface area contributed by atoms with Crippen molar-refractivity contribution in [2.24, 2.45) is 4.99 Å². The smallest absolute Gasteiger partial charge is 0.355 e. The lowest BCUT2D eigenvalue weighted by Crippen LogP contribution is -2.15. The number of sulfone groups is 1. The first-order valence-corrected chi connectivity index (χ1v) is 5.37. The van der Waals surface area contributed by atoms with Gasteiger partial charge in [-0.25, -0.2) is 18.2 Å². The summed E-state index contributed by atoms with van der Waals surface area (Å²) in [5.74, 6) is -1.36. The summed E-state index contributed by atoms with van der Waals surface area (Å²) in [6.45, 7) is 1.86. The molecule has 1 rings (SSSR count). The van der Waals surface area contributed by atoms with Crippen molar-refractivity contribution in [1.29, 1.82) is 0 Å². The zero-order valence-corrected chi connectivity index (χ0v) is 8.24. The van der Waals surface area contributed by atoms with Crippen LogP contribution in [0.25, 0.3) is 0 Å². The van der Waals surface area contributed by atoms with Crippen LogP contribution in [-0.4, -0.2) is 37.8 Å². The van der Waals surface area contributed by atoms with Crippen molar-refractivity contribution in [3.8, 4) is 0 Å². The molecule has 0 spiro atoms. The summed E-state index contributed by atoms with van der Waals surface area (Å²) >= 11 is 0. The second kappa shape index (κ2) is 3.89. The quantitative estimate of drug-likeness (QED) is 0.705. The number of carbonyl (C=O) groups is 1. The number of aliphatic carboxylic acids is 1. The van der Waals surface area contributed by atoms with E-state index in [2.05, 4.69) is 4.99 Å². The van der Waals surface area contributed by atoms with E-state index in [-0.39, 0.29) is 11.7 Å². The molecule has 0 saturated carbocycles. The van der Waals surface area contributed by atoms with Gasteiger partial charge in [0, 0.05) is 6.61 Å². The van der Waals surface area contributed by atoms with Gasteiger partial charge in [0.1, 0.15) is 6.61 Å². The van der Waals surface area contributed by atoms with Gasteiger partial charge in [0.15, 0.2) is 10.7 Å². The SMILES string of the molecule is CCOCC1=NC(C(=O)O)=CS1(=O)=O. The maximum atomic E-state index is 11.2. The highest BCUT2D eigenvalue weighted by Gasteiger charge is 2.27. The van der Waals surface area contributed by atoms with Gasteiger partial charge in [0.2, 0.25) is 9.84 Å². The molecule has 0 atom stereocenters. The van der Waals surface area contributed by atoms with Crippen LogP contribution >= 0.6 is 0 Å². The van der Waals surface area contributed by atoms with Crippen LogP contribution in [0.1, 0.15) is 6.92 Å².